The second kappa shape index (κ2) is 3.60. The van der Waals surface area contributed by atoms with E-state index < -0.39 is 7.32 Å². The van der Waals surface area contributed by atoms with Crippen molar-refractivity contribution in [1.82, 2.24) is 5.48 Å². The van der Waals surface area contributed by atoms with Crippen molar-refractivity contribution in [1.29, 1.82) is 0 Å². The lowest BCUT2D eigenvalue weighted by Gasteiger charge is -1.93. The molecule has 0 aliphatic carbocycles. The molecular formula is CH4BNO4. The molecule has 0 saturated carbocycles. The predicted octanol–water partition coefficient (Wildman–Crippen LogP) is -2.37. The Balaban J connectivity index is 2.81. The van der Waals surface area contributed by atoms with Gasteiger partial charge in [0.2, 0.25) is 6.41 Å². The van der Waals surface area contributed by atoms with Crippen molar-refractivity contribution >= 4 is 13.7 Å². The molecule has 0 atom stereocenters. The highest BCUT2D eigenvalue weighted by Crippen LogP contribution is 1.61. The van der Waals surface area contributed by atoms with Gasteiger partial charge in [0.05, 0.1) is 0 Å². The van der Waals surface area contributed by atoms with Gasteiger partial charge in [0.25, 0.3) is 0 Å². The van der Waals surface area contributed by atoms with E-state index in [9.17, 15) is 4.79 Å². The van der Waals surface area contributed by atoms with Gasteiger partial charge < -0.3 is 10.0 Å². The first-order valence-corrected chi connectivity index (χ1v) is 1.48. The van der Waals surface area contributed by atoms with Gasteiger partial charge in [0.15, 0.2) is 0 Å². The van der Waals surface area contributed by atoms with Crippen LogP contribution in [-0.2, 0) is 9.55 Å². The molecule has 0 aromatic heterocycles. The van der Waals surface area contributed by atoms with E-state index in [1.165, 1.54) is 0 Å². The van der Waals surface area contributed by atoms with Crippen LogP contribution in [0.25, 0.3) is 0 Å². The molecule has 0 aromatic rings. The van der Waals surface area contributed by atoms with Crippen LogP contribution in [0, 0.1) is 0 Å². The second-order valence-electron chi connectivity index (χ2n) is 0.680. The summed E-state index contributed by atoms with van der Waals surface area (Å²) >= 11 is 0. The molecule has 0 aromatic carbocycles. The largest absolute Gasteiger partial charge is 0.656 e. The fourth-order valence-corrected chi connectivity index (χ4v) is 0.0886. The summed E-state index contributed by atoms with van der Waals surface area (Å²) < 4.78 is 3.68. The van der Waals surface area contributed by atoms with E-state index >= 15 is 0 Å². The van der Waals surface area contributed by atoms with Crippen LogP contribution in [0.4, 0.5) is 0 Å². The first kappa shape index (κ1) is 6.41. The summed E-state index contributed by atoms with van der Waals surface area (Å²) in [6, 6.07) is 0. The van der Waals surface area contributed by atoms with Gasteiger partial charge in [-0.2, -0.15) is 0 Å². The van der Waals surface area contributed by atoms with Crippen molar-refractivity contribution in [3.63, 3.8) is 0 Å². The average Bonchev–Trinajstić information content (AvgIpc) is 1.61. The van der Waals surface area contributed by atoms with Gasteiger partial charge in [0.1, 0.15) is 0 Å². The zero-order valence-electron chi connectivity index (χ0n) is 3.37. The molecule has 0 spiro atoms. The predicted molar refractivity (Wildman–Crippen MR) is 20.5 cm³/mol. The molecule has 0 fully saturated rings. The van der Waals surface area contributed by atoms with Crippen LogP contribution in [0.15, 0.2) is 0 Å². The van der Waals surface area contributed by atoms with E-state index in [0.29, 0.717) is 0 Å². The molecule has 3 N–H and O–H groups in total. The average molecular weight is 105 g/mol. The number of hydrogen-bond donors (Lipinski definition) is 3. The normalized spacial score (nSPS) is 7.71. The zero-order valence-corrected chi connectivity index (χ0v) is 3.37. The summed E-state index contributed by atoms with van der Waals surface area (Å²) in [6.45, 7) is 0. The first-order valence-electron chi connectivity index (χ1n) is 1.48. The fourth-order valence-electron chi connectivity index (χ4n) is 0.0886. The Morgan fingerprint density at radius 1 is 1.71 bits per heavy atom. The first-order chi connectivity index (χ1) is 3.27. The van der Waals surface area contributed by atoms with Crippen LogP contribution in [0.3, 0.4) is 0 Å². The van der Waals surface area contributed by atoms with Crippen LogP contribution in [-0.4, -0.2) is 23.8 Å². The number of amides is 1. The van der Waals surface area contributed by atoms with Crippen LogP contribution < -0.4 is 5.48 Å². The lowest BCUT2D eigenvalue weighted by Crippen LogP contribution is -2.26. The molecule has 0 saturated heterocycles. The molecule has 0 heterocycles. The second-order valence-corrected chi connectivity index (χ2v) is 0.680. The summed E-state index contributed by atoms with van der Waals surface area (Å²) in [5.41, 5.74) is 1.57. The summed E-state index contributed by atoms with van der Waals surface area (Å²) in [5, 5.41) is 15.6. The van der Waals surface area contributed by atoms with E-state index in [2.05, 4.69) is 4.76 Å². The molecule has 0 unspecified atom stereocenters. The SMILES string of the molecule is O=CNOB(O)O. The standard InChI is InChI=1S/CH4BNO4/c4-1-3-7-2(5)6/h1,5-6H,(H,3,4). The molecule has 7 heavy (non-hydrogen) atoms. The van der Waals surface area contributed by atoms with Crippen molar-refractivity contribution < 1.29 is 19.6 Å². The van der Waals surface area contributed by atoms with Crippen molar-refractivity contribution in [2.24, 2.45) is 0 Å². The molecule has 1 amide bonds. The van der Waals surface area contributed by atoms with Crippen molar-refractivity contribution in [3.8, 4) is 0 Å². The van der Waals surface area contributed by atoms with Crippen molar-refractivity contribution in [3.05, 3.63) is 0 Å². The summed E-state index contributed by atoms with van der Waals surface area (Å²) in [5.74, 6) is 0. The van der Waals surface area contributed by atoms with E-state index in [4.69, 9.17) is 10.0 Å². The van der Waals surface area contributed by atoms with Crippen LogP contribution in [0.2, 0.25) is 0 Å². The third-order valence-corrected chi connectivity index (χ3v) is 0.222. The Hall–Kier alpha value is -0.585. The van der Waals surface area contributed by atoms with Gasteiger partial charge in [-0.1, -0.05) is 0 Å². The lowest BCUT2D eigenvalue weighted by molar-refractivity contribution is -0.116. The van der Waals surface area contributed by atoms with E-state index in [-0.39, 0.29) is 6.41 Å². The third-order valence-electron chi connectivity index (χ3n) is 0.222. The maximum Gasteiger partial charge on any atom is 0.656 e. The summed E-state index contributed by atoms with van der Waals surface area (Å²) in [6.07, 6.45) is 0.180. The van der Waals surface area contributed by atoms with E-state index in [0.717, 1.165) is 0 Å². The highest BCUT2D eigenvalue weighted by molar-refractivity contribution is 6.32. The quantitative estimate of drug-likeness (QED) is 0.213. The minimum absolute atomic E-state index is 0.180. The molecule has 6 heteroatoms. The molecule has 0 radical (unpaired) electrons. The van der Waals surface area contributed by atoms with Crippen LogP contribution >= 0.6 is 0 Å². The molecule has 0 rings (SSSR count). The van der Waals surface area contributed by atoms with Gasteiger partial charge in [-0.3, -0.25) is 9.55 Å². The maximum atomic E-state index is 9.25. The van der Waals surface area contributed by atoms with Crippen molar-refractivity contribution in [2.75, 3.05) is 0 Å². The Labute approximate surface area is 40.0 Å². The Morgan fingerprint density at radius 2 is 2.29 bits per heavy atom. The molecule has 40 valence electrons. The summed E-state index contributed by atoms with van der Waals surface area (Å²) in [4.78, 5) is 9.25. The van der Waals surface area contributed by atoms with E-state index in [1.54, 1.807) is 5.48 Å². The van der Waals surface area contributed by atoms with Gasteiger partial charge in [-0.05, 0) is 0 Å². The van der Waals surface area contributed by atoms with Crippen LogP contribution in [0.1, 0.15) is 0 Å². The number of carbonyl (C=O) groups excluding carboxylic acids is 1. The van der Waals surface area contributed by atoms with Gasteiger partial charge in [-0.15, -0.1) is 0 Å². The monoisotopic (exact) mass is 105 g/mol. The number of carbonyl (C=O) groups is 1. The van der Waals surface area contributed by atoms with Gasteiger partial charge >= 0.3 is 7.32 Å². The zero-order chi connectivity index (χ0) is 5.70. The fraction of sp³-hybridized carbons (Fsp3) is 0. The highest BCUT2D eigenvalue weighted by Gasteiger charge is 2.05. The topological polar surface area (TPSA) is 78.8 Å². The molecule has 0 aliphatic rings. The van der Waals surface area contributed by atoms with Gasteiger partial charge in [-0.25, -0.2) is 5.48 Å². The third kappa shape index (κ3) is 5.41. The molecule has 0 aliphatic heterocycles. The lowest BCUT2D eigenvalue weighted by atomic mass is 10.3. The number of hydroxylamine groups is 1. The Morgan fingerprint density at radius 3 is 2.43 bits per heavy atom. The van der Waals surface area contributed by atoms with Crippen LogP contribution in [0.5, 0.6) is 0 Å². The number of nitrogens with one attached hydrogen (secondary N) is 1. The number of hydrogen-bond acceptors (Lipinski definition) is 4. The molecule has 5 nitrogen and oxygen atoms in total. The molecule has 0 bridgehead atoms. The smallest absolute Gasteiger partial charge is 0.400 e. The summed E-state index contributed by atoms with van der Waals surface area (Å²) in [7, 11) is -1.94. The number of rotatable bonds is 3. The highest BCUT2D eigenvalue weighted by atomic mass is 16.7. The Bertz CT molecular complexity index is 55.7. The minimum atomic E-state index is -1.94. The van der Waals surface area contributed by atoms with Crippen molar-refractivity contribution in [2.45, 2.75) is 0 Å². The van der Waals surface area contributed by atoms with E-state index in [1.807, 2.05) is 0 Å². The maximum absolute atomic E-state index is 9.25. The van der Waals surface area contributed by atoms with Gasteiger partial charge in [0, 0.05) is 0 Å². The minimum Gasteiger partial charge on any atom is -0.400 e. The Kier molecular flexibility index (Phi) is 3.30. The molecular weight excluding hydrogens is 101 g/mol.